The van der Waals surface area contributed by atoms with Crippen LogP contribution in [0.15, 0.2) is 60.9 Å². The van der Waals surface area contributed by atoms with E-state index in [0.717, 1.165) is 37.0 Å². The first kappa shape index (κ1) is 21.3. The van der Waals surface area contributed by atoms with Gasteiger partial charge in [-0.15, -0.1) is 0 Å². The molecular formula is C25H21F3N4O. The second-order valence-electron chi connectivity index (χ2n) is 7.87. The van der Waals surface area contributed by atoms with Gasteiger partial charge in [0, 0.05) is 12.2 Å². The third-order valence-corrected chi connectivity index (χ3v) is 5.66. The van der Waals surface area contributed by atoms with Crippen LogP contribution in [-0.2, 0) is 10.9 Å². The van der Waals surface area contributed by atoms with Crippen LogP contribution in [0.1, 0.15) is 42.4 Å². The number of rotatable bonds is 4. The van der Waals surface area contributed by atoms with Crippen molar-refractivity contribution in [2.45, 2.75) is 31.7 Å². The number of ether oxygens (including phenoxy) is 1. The van der Waals surface area contributed by atoms with Gasteiger partial charge in [-0.2, -0.15) is 13.2 Å². The number of imidazole rings is 1. The molecule has 168 valence electrons. The van der Waals surface area contributed by atoms with Gasteiger partial charge in [-0.1, -0.05) is 48.5 Å². The molecule has 2 aromatic carbocycles. The fourth-order valence-corrected chi connectivity index (χ4v) is 4.02. The number of nitrogens with zero attached hydrogens (tertiary/aromatic N) is 4. The van der Waals surface area contributed by atoms with E-state index in [4.69, 9.17) is 9.72 Å². The average Bonchev–Trinajstić information content (AvgIpc) is 3.22. The topological polar surface area (TPSA) is 52.8 Å². The molecule has 4 aromatic rings. The van der Waals surface area contributed by atoms with E-state index < -0.39 is 11.7 Å². The van der Waals surface area contributed by atoms with Crippen LogP contribution in [-0.4, -0.2) is 26.1 Å². The smallest absolute Gasteiger partial charge is 0.358 e. The summed E-state index contributed by atoms with van der Waals surface area (Å²) in [5, 5.41) is 0. The summed E-state index contributed by atoms with van der Waals surface area (Å²) >= 11 is 0. The largest absolute Gasteiger partial charge is 0.416 e. The lowest BCUT2D eigenvalue weighted by Gasteiger charge is -2.25. The Hall–Kier alpha value is -3.52. The number of hydrogen-bond acceptors (Lipinski definition) is 4. The molecule has 2 aromatic heterocycles. The normalized spacial score (nSPS) is 17.1. The minimum absolute atomic E-state index is 0.213. The Morgan fingerprint density at radius 2 is 1.73 bits per heavy atom. The molecule has 1 saturated heterocycles. The van der Waals surface area contributed by atoms with Gasteiger partial charge in [0.05, 0.1) is 5.56 Å². The number of halogens is 3. The Balaban J connectivity index is 1.62. The highest BCUT2D eigenvalue weighted by molar-refractivity contribution is 5.89. The van der Waals surface area contributed by atoms with E-state index in [1.54, 1.807) is 0 Å². The Morgan fingerprint density at radius 3 is 2.42 bits per heavy atom. The number of benzene rings is 2. The maximum absolute atomic E-state index is 13.0. The Bertz CT molecular complexity index is 1280. The summed E-state index contributed by atoms with van der Waals surface area (Å²) in [5.41, 5.74) is 2.47. The SMILES string of the molecule is FC(F)(F)c1ccc(-c2ncnc3c2nc(/C=C/c2ccccc2)n3C2CCCCO2)cc1. The molecule has 0 N–H and O–H groups in total. The van der Waals surface area contributed by atoms with Crippen LogP contribution in [0.3, 0.4) is 0 Å². The van der Waals surface area contributed by atoms with Crippen molar-refractivity contribution >= 4 is 23.3 Å². The van der Waals surface area contributed by atoms with Gasteiger partial charge in [-0.05, 0) is 43.0 Å². The molecule has 8 heteroatoms. The van der Waals surface area contributed by atoms with Crippen molar-refractivity contribution in [1.82, 2.24) is 19.5 Å². The average molecular weight is 450 g/mol. The molecule has 0 radical (unpaired) electrons. The van der Waals surface area contributed by atoms with Crippen LogP contribution in [0.25, 0.3) is 34.6 Å². The molecule has 1 aliphatic rings. The molecule has 1 aliphatic heterocycles. The van der Waals surface area contributed by atoms with E-state index in [-0.39, 0.29) is 6.23 Å². The molecule has 33 heavy (non-hydrogen) atoms. The first-order valence-electron chi connectivity index (χ1n) is 10.8. The van der Waals surface area contributed by atoms with Crippen molar-refractivity contribution in [3.63, 3.8) is 0 Å². The third kappa shape index (κ3) is 4.39. The van der Waals surface area contributed by atoms with Gasteiger partial charge in [-0.3, -0.25) is 4.57 Å². The van der Waals surface area contributed by atoms with Gasteiger partial charge < -0.3 is 4.74 Å². The first-order valence-corrected chi connectivity index (χ1v) is 10.8. The van der Waals surface area contributed by atoms with Crippen LogP contribution in [0.2, 0.25) is 0 Å². The molecular weight excluding hydrogens is 429 g/mol. The maximum Gasteiger partial charge on any atom is 0.416 e. The van der Waals surface area contributed by atoms with Gasteiger partial charge >= 0.3 is 6.18 Å². The quantitative estimate of drug-likeness (QED) is 0.362. The van der Waals surface area contributed by atoms with E-state index in [2.05, 4.69) is 9.97 Å². The summed E-state index contributed by atoms with van der Waals surface area (Å²) in [6, 6.07) is 14.8. The minimum Gasteiger partial charge on any atom is -0.358 e. The fraction of sp³-hybridized carbons (Fsp3) is 0.240. The lowest BCUT2D eigenvalue weighted by atomic mass is 10.1. The van der Waals surface area contributed by atoms with E-state index in [9.17, 15) is 13.2 Å². The predicted octanol–water partition coefficient (Wildman–Crippen LogP) is 6.38. The molecule has 1 unspecified atom stereocenters. The van der Waals surface area contributed by atoms with Gasteiger partial charge in [0.15, 0.2) is 5.65 Å². The third-order valence-electron chi connectivity index (χ3n) is 5.66. The summed E-state index contributed by atoms with van der Waals surface area (Å²) in [4.78, 5) is 13.6. The number of hydrogen-bond donors (Lipinski definition) is 0. The molecule has 5 rings (SSSR count). The van der Waals surface area contributed by atoms with Crippen molar-refractivity contribution in [2.75, 3.05) is 6.61 Å². The molecule has 0 bridgehead atoms. The number of fused-ring (bicyclic) bond motifs is 1. The second kappa shape index (κ2) is 8.78. The highest BCUT2D eigenvalue weighted by Crippen LogP contribution is 2.34. The Morgan fingerprint density at radius 1 is 0.939 bits per heavy atom. The molecule has 0 amide bonds. The van der Waals surface area contributed by atoms with Crippen LogP contribution < -0.4 is 0 Å². The summed E-state index contributed by atoms with van der Waals surface area (Å²) in [6.45, 7) is 0.656. The standard InChI is InChI=1S/C25H21F3N4O/c26-25(27,28)19-12-10-18(11-13-19)22-23-24(30-16-29-22)32(21-8-4-5-15-33-21)20(31-23)14-9-17-6-2-1-3-7-17/h1-3,6-7,9-14,16,21H,4-5,8,15H2/b14-9+. The van der Waals surface area contributed by atoms with E-state index >= 15 is 0 Å². The van der Waals surface area contributed by atoms with Crippen molar-refractivity contribution in [1.29, 1.82) is 0 Å². The summed E-state index contributed by atoms with van der Waals surface area (Å²) < 4.78 is 47.0. The highest BCUT2D eigenvalue weighted by atomic mass is 19.4. The van der Waals surface area contributed by atoms with Crippen molar-refractivity contribution in [3.8, 4) is 11.3 Å². The van der Waals surface area contributed by atoms with Crippen molar-refractivity contribution in [3.05, 3.63) is 77.9 Å². The van der Waals surface area contributed by atoms with Crippen molar-refractivity contribution in [2.24, 2.45) is 0 Å². The van der Waals surface area contributed by atoms with Crippen LogP contribution in [0.4, 0.5) is 13.2 Å². The highest BCUT2D eigenvalue weighted by Gasteiger charge is 2.30. The van der Waals surface area contributed by atoms with E-state index in [0.29, 0.717) is 34.9 Å². The van der Waals surface area contributed by atoms with E-state index in [1.165, 1.54) is 18.5 Å². The van der Waals surface area contributed by atoms with Gasteiger partial charge in [0.1, 0.15) is 29.6 Å². The molecule has 1 atom stereocenters. The van der Waals surface area contributed by atoms with Crippen LogP contribution in [0, 0.1) is 0 Å². The maximum atomic E-state index is 13.0. The zero-order valence-electron chi connectivity index (χ0n) is 17.7. The van der Waals surface area contributed by atoms with Crippen molar-refractivity contribution < 1.29 is 17.9 Å². The fourth-order valence-electron chi connectivity index (χ4n) is 4.02. The number of aromatic nitrogens is 4. The molecule has 5 nitrogen and oxygen atoms in total. The second-order valence-corrected chi connectivity index (χ2v) is 7.87. The van der Waals surface area contributed by atoms with Gasteiger partial charge in [0.25, 0.3) is 0 Å². The summed E-state index contributed by atoms with van der Waals surface area (Å²) in [7, 11) is 0. The summed E-state index contributed by atoms with van der Waals surface area (Å²) in [6.07, 6.45) is 3.55. The molecule has 0 aliphatic carbocycles. The Kier molecular flexibility index (Phi) is 5.68. The molecule has 3 heterocycles. The predicted molar refractivity (Wildman–Crippen MR) is 120 cm³/mol. The monoisotopic (exact) mass is 450 g/mol. The first-order chi connectivity index (χ1) is 16.0. The molecule has 0 spiro atoms. The summed E-state index contributed by atoms with van der Waals surface area (Å²) in [5.74, 6) is 0.661. The van der Waals surface area contributed by atoms with Crippen LogP contribution >= 0.6 is 0 Å². The zero-order valence-corrected chi connectivity index (χ0v) is 17.7. The van der Waals surface area contributed by atoms with Crippen LogP contribution in [0.5, 0.6) is 0 Å². The van der Waals surface area contributed by atoms with Gasteiger partial charge in [-0.25, -0.2) is 15.0 Å². The molecule has 1 fully saturated rings. The van der Waals surface area contributed by atoms with Gasteiger partial charge in [0.2, 0.25) is 0 Å². The minimum atomic E-state index is -4.39. The zero-order chi connectivity index (χ0) is 22.8. The number of alkyl halides is 3. The Labute approximate surface area is 188 Å². The molecule has 0 saturated carbocycles. The van der Waals surface area contributed by atoms with E-state index in [1.807, 2.05) is 47.1 Å². The lowest BCUT2D eigenvalue weighted by Crippen LogP contribution is -2.19. The lowest BCUT2D eigenvalue weighted by molar-refractivity contribution is -0.137.